The minimum absolute atomic E-state index is 0.0812. The van der Waals surface area contributed by atoms with Gasteiger partial charge in [-0.1, -0.05) is 19.3 Å². The minimum Gasteiger partial charge on any atom is -0.395 e. The van der Waals surface area contributed by atoms with Crippen LogP contribution >= 0.6 is 0 Å². The van der Waals surface area contributed by atoms with Crippen molar-refractivity contribution in [3.05, 3.63) is 0 Å². The summed E-state index contributed by atoms with van der Waals surface area (Å²) in [6.07, 6.45) is 1.21. The molecule has 1 aliphatic carbocycles. The fraction of sp³-hybridized carbons (Fsp3) is 0.909. The van der Waals surface area contributed by atoms with E-state index in [0.717, 1.165) is 24.2 Å². The van der Waals surface area contributed by atoms with Gasteiger partial charge >= 0.3 is 0 Å². The highest BCUT2D eigenvalue weighted by Crippen LogP contribution is 2.27. The Bertz CT molecular complexity index is 256. The van der Waals surface area contributed by atoms with Gasteiger partial charge in [0.15, 0.2) is 0 Å². The van der Waals surface area contributed by atoms with Crippen molar-refractivity contribution in [2.24, 2.45) is 5.73 Å². The number of nitrogens with two attached hydrogens (primary N) is 1. The number of alkyl halides is 2. The SMILES string of the molecule is NC1(C(=O)N(CCO)CC(F)F)CCCCC1. The van der Waals surface area contributed by atoms with Gasteiger partial charge in [-0.05, 0) is 12.8 Å². The van der Waals surface area contributed by atoms with E-state index in [1.54, 1.807) is 0 Å². The second kappa shape index (κ2) is 6.26. The van der Waals surface area contributed by atoms with Crippen LogP contribution in [0.25, 0.3) is 0 Å². The van der Waals surface area contributed by atoms with E-state index in [0.29, 0.717) is 12.8 Å². The van der Waals surface area contributed by atoms with E-state index in [-0.39, 0.29) is 13.2 Å². The predicted molar refractivity (Wildman–Crippen MR) is 59.7 cm³/mol. The highest BCUT2D eigenvalue weighted by atomic mass is 19.3. The van der Waals surface area contributed by atoms with Crippen molar-refractivity contribution in [2.75, 3.05) is 19.7 Å². The Labute approximate surface area is 99.8 Å². The molecule has 1 amide bonds. The van der Waals surface area contributed by atoms with Gasteiger partial charge in [-0.2, -0.15) is 0 Å². The monoisotopic (exact) mass is 250 g/mol. The van der Waals surface area contributed by atoms with Crippen molar-refractivity contribution in [3.8, 4) is 0 Å². The zero-order valence-corrected chi connectivity index (χ0v) is 9.87. The third kappa shape index (κ3) is 3.89. The van der Waals surface area contributed by atoms with E-state index < -0.39 is 24.4 Å². The van der Waals surface area contributed by atoms with Gasteiger partial charge in [0, 0.05) is 6.54 Å². The molecule has 1 saturated carbocycles. The molecule has 0 bridgehead atoms. The predicted octanol–water partition coefficient (Wildman–Crippen LogP) is 0.734. The molecule has 100 valence electrons. The molecular formula is C11H20F2N2O2. The van der Waals surface area contributed by atoms with Gasteiger partial charge < -0.3 is 15.7 Å². The van der Waals surface area contributed by atoms with E-state index in [2.05, 4.69) is 0 Å². The molecule has 0 aromatic heterocycles. The first kappa shape index (κ1) is 14.3. The lowest BCUT2D eigenvalue weighted by atomic mass is 9.81. The first-order chi connectivity index (χ1) is 7.99. The van der Waals surface area contributed by atoms with Gasteiger partial charge in [-0.25, -0.2) is 8.78 Å². The van der Waals surface area contributed by atoms with Crippen molar-refractivity contribution in [1.29, 1.82) is 0 Å². The molecule has 3 N–H and O–H groups in total. The number of hydrogen-bond acceptors (Lipinski definition) is 3. The number of carbonyl (C=O) groups is 1. The van der Waals surface area contributed by atoms with Crippen LogP contribution in [0.15, 0.2) is 0 Å². The normalized spacial score (nSPS) is 19.4. The summed E-state index contributed by atoms with van der Waals surface area (Å²) in [5.41, 5.74) is 4.98. The molecule has 0 atom stereocenters. The third-order valence-electron chi connectivity index (χ3n) is 3.19. The fourth-order valence-corrected chi connectivity index (χ4v) is 2.27. The summed E-state index contributed by atoms with van der Waals surface area (Å²) in [5.74, 6) is -0.452. The number of amides is 1. The number of hydrogen-bond donors (Lipinski definition) is 2. The topological polar surface area (TPSA) is 66.6 Å². The summed E-state index contributed by atoms with van der Waals surface area (Å²) in [6.45, 7) is -1.06. The molecule has 1 fully saturated rings. The van der Waals surface area contributed by atoms with Crippen LogP contribution in [-0.2, 0) is 4.79 Å². The Morgan fingerprint density at radius 3 is 2.41 bits per heavy atom. The van der Waals surface area contributed by atoms with Gasteiger partial charge in [0.2, 0.25) is 5.91 Å². The Morgan fingerprint density at radius 2 is 1.94 bits per heavy atom. The summed E-state index contributed by atoms with van der Waals surface area (Å²) in [4.78, 5) is 13.1. The van der Waals surface area contributed by atoms with Crippen molar-refractivity contribution >= 4 is 5.91 Å². The largest absolute Gasteiger partial charge is 0.395 e. The second-order valence-electron chi connectivity index (χ2n) is 4.58. The highest BCUT2D eigenvalue weighted by molar-refractivity contribution is 5.86. The lowest BCUT2D eigenvalue weighted by Crippen LogP contribution is -2.57. The van der Waals surface area contributed by atoms with Crippen LogP contribution in [0.1, 0.15) is 32.1 Å². The molecule has 0 spiro atoms. The van der Waals surface area contributed by atoms with E-state index >= 15 is 0 Å². The van der Waals surface area contributed by atoms with Crippen molar-refractivity contribution < 1.29 is 18.7 Å². The average molecular weight is 250 g/mol. The molecule has 6 heteroatoms. The van der Waals surface area contributed by atoms with Crippen LogP contribution in [0.5, 0.6) is 0 Å². The molecule has 4 nitrogen and oxygen atoms in total. The highest BCUT2D eigenvalue weighted by Gasteiger charge is 2.38. The summed E-state index contributed by atoms with van der Waals surface area (Å²) in [7, 11) is 0. The Balaban J connectivity index is 2.68. The molecule has 0 aromatic carbocycles. The maximum Gasteiger partial charge on any atom is 0.255 e. The van der Waals surface area contributed by atoms with E-state index in [9.17, 15) is 13.6 Å². The zero-order chi connectivity index (χ0) is 12.9. The second-order valence-corrected chi connectivity index (χ2v) is 4.58. The van der Waals surface area contributed by atoms with E-state index in [1.807, 2.05) is 0 Å². The number of rotatable bonds is 5. The molecule has 0 saturated heterocycles. The molecule has 0 aromatic rings. The molecule has 0 aliphatic heterocycles. The fourth-order valence-electron chi connectivity index (χ4n) is 2.27. The first-order valence-electron chi connectivity index (χ1n) is 5.97. The maximum absolute atomic E-state index is 12.3. The first-order valence-corrected chi connectivity index (χ1v) is 5.97. The lowest BCUT2D eigenvalue weighted by molar-refractivity contribution is -0.140. The number of nitrogens with zero attached hydrogens (tertiary/aromatic N) is 1. The summed E-state index contributed by atoms with van der Waals surface area (Å²) in [6, 6.07) is 0. The molecule has 0 heterocycles. The summed E-state index contributed by atoms with van der Waals surface area (Å²) >= 11 is 0. The van der Waals surface area contributed by atoms with Crippen LogP contribution in [0.2, 0.25) is 0 Å². The minimum atomic E-state index is -2.60. The molecule has 1 aliphatic rings. The smallest absolute Gasteiger partial charge is 0.255 e. The van der Waals surface area contributed by atoms with E-state index in [4.69, 9.17) is 10.8 Å². The molecule has 0 unspecified atom stereocenters. The standard InChI is InChI=1S/C11H20F2N2O2/c12-9(13)8-15(6-7-16)10(17)11(14)4-2-1-3-5-11/h9,16H,1-8,14H2. The number of halogens is 2. The molecule has 0 radical (unpaired) electrons. The van der Waals surface area contributed by atoms with Crippen LogP contribution in [0.3, 0.4) is 0 Å². The Hall–Kier alpha value is -0.750. The summed E-state index contributed by atoms with van der Waals surface area (Å²) < 4.78 is 24.7. The van der Waals surface area contributed by atoms with Gasteiger partial charge in [0.1, 0.15) is 0 Å². The zero-order valence-electron chi connectivity index (χ0n) is 9.87. The van der Waals surface area contributed by atoms with E-state index in [1.165, 1.54) is 0 Å². The quantitative estimate of drug-likeness (QED) is 0.756. The molecule has 17 heavy (non-hydrogen) atoms. The van der Waals surface area contributed by atoms with Crippen LogP contribution in [-0.4, -0.2) is 47.6 Å². The number of aliphatic hydroxyl groups is 1. The number of carbonyl (C=O) groups excluding carboxylic acids is 1. The maximum atomic E-state index is 12.3. The van der Waals surface area contributed by atoms with Gasteiger partial charge in [-0.3, -0.25) is 4.79 Å². The lowest BCUT2D eigenvalue weighted by Gasteiger charge is -2.36. The van der Waals surface area contributed by atoms with Gasteiger partial charge in [0.25, 0.3) is 6.43 Å². The van der Waals surface area contributed by atoms with Crippen molar-refractivity contribution in [3.63, 3.8) is 0 Å². The van der Waals surface area contributed by atoms with Crippen LogP contribution in [0.4, 0.5) is 8.78 Å². The third-order valence-corrected chi connectivity index (χ3v) is 3.19. The van der Waals surface area contributed by atoms with Crippen molar-refractivity contribution in [1.82, 2.24) is 4.90 Å². The number of aliphatic hydroxyl groups excluding tert-OH is 1. The summed E-state index contributed by atoms with van der Waals surface area (Å²) in [5, 5.41) is 8.80. The Morgan fingerprint density at radius 1 is 1.35 bits per heavy atom. The average Bonchev–Trinajstić information content (AvgIpc) is 2.28. The molecule has 1 rings (SSSR count). The van der Waals surface area contributed by atoms with Gasteiger partial charge in [0.05, 0.1) is 18.7 Å². The van der Waals surface area contributed by atoms with Crippen LogP contribution in [0, 0.1) is 0 Å². The van der Waals surface area contributed by atoms with Gasteiger partial charge in [-0.15, -0.1) is 0 Å². The van der Waals surface area contributed by atoms with Crippen molar-refractivity contribution in [2.45, 2.75) is 44.1 Å². The van der Waals surface area contributed by atoms with Crippen LogP contribution < -0.4 is 5.73 Å². The Kier molecular flexibility index (Phi) is 5.27. The molecular weight excluding hydrogens is 230 g/mol.